The number of sulfonamides is 1. The van der Waals surface area contributed by atoms with E-state index < -0.39 is 10.0 Å². The maximum Gasteiger partial charge on any atom is 0.286 e. The fourth-order valence-electron chi connectivity index (χ4n) is 2.88. The number of hydrogen-bond acceptors (Lipinski definition) is 5. The van der Waals surface area contributed by atoms with Crippen LogP contribution >= 0.6 is 0 Å². The Bertz CT molecular complexity index is 1090. The summed E-state index contributed by atoms with van der Waals surface area (Å²) in [6.45, 7) is 11.2. The predicted octanol–water partition coefficient (Wildman–Crippen LogP) is 4.39. The summed E-state index contributed by atoms with van der Waals surface area (Å²) in [5, 5.41) is 4.70. The van der Waals surface area contributed by atoms with Crippen LogP contribution in [-0.2, 0) is 10.0 Å². The molecule has 1 aliphatic heterocycles. The molecule has 1 aliphatic rings. The van der Waals surface area contributed by atoms with E-state index in [-0.39, 0.29) is 12.2 Å². The molecule has 3 rings (SSSR count). The summed E-state index contributed by atoms with van der Waals surface area (Å²) in [6, 6.07) is 9.39. The second kappa shape index (κ2) is 8.75. The molecular formula is C21H26N2O4S. The van der Waals surface area contributed by atoms with Gasteiger partial charge in [-0.05, 0) is 23.6 Å². The van der Waals surface area contributed by atoms with Crippen LogP contribution in [0.3, 0.4) is 0 Å². The monoisotopic (exact) mass is 402 g/mol. The molecule has 7 heteroatoms. The average Bonchev–Trinajstić information content (AvgIpc) is 2.72. The SMILES string of the molecule is C=CC1=C(C=C)S(=O)(=O)N=C(c2c(OC)cc3ccccc3c2OC)N1.CC.[HH]. The van der Waals surface area contributed by atoms with Crippen LogP contribution in [0.1, 0.15) is 20.8 Å². The molecular weight excluding hydrogens is 376 g/mol. The summed E-state index contributed by atoms with van der Waals surface area (Å²) in [6.07, 6.45) is 2.64. The van der Waals surface area contributed by atoms with Gasteiger partial charge in [0.15, 0.2) is 5.84 Å². The number of rotatable bonds is 5. The number of benzene rings is 2. The Morgan fingerprint density at radius 1 is 1.11 bits per heavy atom. The van der Waals surface area contributed by atoms with Gasteiger partial charge in [0.2, 0.25) is 0 Å². The van der Waals surface area contributed by atoms with Crippen LogP contribution in [0, 0.1) is 0 Å². The summed E-state index contributed by atoms with van der Waals surface area (Å²) >= 11 is 0. The zero-order chi connectivity index (χ0) is 20.9. The van der Waals surface area contributed by atoms with Crippen molar-refractivity contribution < 1.29 is 19.3 Å². The lowest BCUT2D eigenvalue weighted by Gasteiger charge is -2.22. The second-order valence-electron chi connectivity index (χ2n) is 5.43. The van der Waals surface area contributed by atoms with Crippen LogP contribution in [0.25, 0.3) is 10.8 Å². The van der Waals surface area contributed by atoms with Crippen molar-refractivity contribution in [3.05, 3.63) is 71.8 Å². The van der Waals surface area contributed by atoms with Gasteiger partial charge in [-0.1, -0.05) is 51.3 Å². The minimum absolute atomic E-state index is 0. The molecule has 1 N–H and O–H groups in total. The Morgan fingerprint density at radius 3 is 2.36 bits per heavy atom. The Labute approximate surface area is 167 Å². The van der Waals surface area contributed by atoms with Crippen molar-refractivity contribution in [3.8, 4) is 11.5 Å². The highest BCUT2D eigenvalue weighted by atomic mass is 32.2. The van der Waals surface area contributed by atoms with Gasteiger partial charge in [0.05, 0.1) is 19.9 Å². The fraction of sp³-hybridized carbons (Fsp3) is 0.190. The van der Waals surface area contributed by atoms with Crippen molar-refractivity contribution >= 4 is 26.6 Å². The standard InChI is InChI=1S/C19H18N2O4S.C2H6.H2/c1-5-14-16(6-2)26(22,23)21-19(20-14)17-15(24-3)11-12-9-7-8-10-13(12)18(17)25-4;1-2;/h5-11H,1-2H2,3-4H3,(H,20,21);1-2H3;1H. The molecule has 2 aromatic carbocycles. The summed E-state index contributed by atoms with van der Waals surface area (Å²) < 4.78 is 40.1. The average molecular weight is 403 g/mol. The van der Waals surface area contributed by atoms with E-state index in [2.05, 4.69) is 22.9 Å². The lowest BCUT2D eigenvalue weighted by Crippen LogP contribution is -2.31. The highest BCUT2D eigenvalue weighted by Crippen LogP contribution is 2.38. The van der Waals surface area contributed by atoms with Gasteiger partial charge in [0.25, 0.3) is 10.0 Å². The van der Waals surface area contributed by atoms with Gasteiger partial charge in [0.1, 0.15) is 22.0 Å². The van der Waals surface area contributed by atoms with Crippen LogP contribution in [0.4, 0.5) is 0 Å². The Hall–Kier alpha value is -3.06. The third-order valence-electron chi connectivity index (χ3n) is 4.02. The molecule has 0 radical (unpaired) electrons. The van der Waals surface area contributed by atoms with Crippen LogP contribution in [0.15, 0.2) is 70.6 Å². The van der Waals surface area contributed by atoms with E-state index in [0.717, 1.165) is 10.8 Å². The molecule has 6 nitrogen and oxygen atoms in total. The molecule has 0 amide bonds. The summed E-state index contributed by atoms with van der Waals surface area (Å²) in [4.78, 5) is -0.0324. The highest BCUT2D eigenvalue weighted by molar-refractivity contribution is 7.94. The number of amidine groups is 1. The van der Waals surface area contributed by atoms with Crippen molar-refractivity contribution in [3.63, 3.8) is 0 Å². The van der Waals surface area contributed by atoms with Crippen LogP contribution < -0.4 is 14.8 Å². The molecule has 0 saturated carbocycles. The van der Waals surface area contributed by atoms with Crippen LogP contribution in [0.5, 0.6) is 11.5 Å². The second-order valence-corrected chi connectivity index (χ2v) is 7.01. The summed E-state index contributed by atoms with van der Waals surface area (Å²) in [7, 11) is -0.911. The van der Waals surface area contributed by atoms with Gasteiger partial charge >= 0.3 is 0 Å². The van der Waals surface area contributed by atoms with Crippen molar-refractivity contribution in [2.24, 2.45) is 4.40 Å². The first-order chi connectivity index (χ1) is 13.5. The van der Waals surface area contributed by atoms with Crippen molar-refractivity contribution in [2.75, 3.05) is 14.2 Å². The molecule has 2 aromatic rings. The van der Waals surface area contributed by atoms with Gasteiger partial charge < -0.3 is 14.8 Å². The van der Waals surface area contributed by atoms with Crippen molar-refractivity contribution in [1.29, 1.82) is 0 Å². The zero-order valence-corrected chi connectivity index (χ0v) is 17.3. The molecule has 0 aromatic heterocycles. The van der Waals surface area contributed by atoms with Gasteiger partial charge in [-0.15, -0.1) is 4.40 Å². The number of allylic oxidation sites excluding steroid dienone is 2. The van der Waals surface area contributed by atoms with Gasteiger partial charge in [-0.3, -0.25) is 0 Å². The predicted molar refractivity (Wildman–Crippen MR) is 117 cm³/mol. The van der Waals surface area contributed by atoms with Crippen LogP contribution in [0.2, 0.25) is 0 Å². The quantitative estimate of drug-likeness (QED) is 0.802. The van der Waals surface area contributed by atoms with Crippen molar-refractivity contribution in [2.45, 2.75) is 13.8 Å². The summed E-state index contributed by atoms with van der Waals surface area (Å²) in [5.41, 5.74) is 0.710. The number of nitrogens with one attached hydrogen (secondary N) is 1. The van der Waals surface area contributed by atoms with E-state index in [0.29, 0.717) is 22.8 Å². The highest BCUT2D eigenvalue weighted by Gasteiger charge is 2.29. The van der Waals surface area contributed by atoms with E-state index in [1.165, 1.54) is 26.4 Å². The van der Waals surface area contributed by atoms with E-state index in [1.807, 2.05) is 44.2 Å². The molecule has 0 spiro atoms. The third kappa shape index (κ3) is 3.66. The normalized spacial score (nSPS) is 14.9. The molecule has 0 aliphatic carbocycles. The molecule has 0 bridgehead atoms. The number of methoxy groups -OCH3 is 2. The first-order valence-corrected chi connectivity index (χ1v) is 10.2. The number of ether oxygens (including phenoxy) is 2. The molecule has 1 heterocycles. The third-order valence-corrected chi connectivity index (χ3v) is 5.39. The van der Waals surface area contributed by atoms with E-state index in [4.69, 9.17) is 9.47 Å². The number of hydrogen-bond donors (Lipinski definition) is 1. The van der Waals surface area contributed by atoms with E-state index in [9.17, 15) is 8.42 Å². The lowest BCUT2D eigenvalue weighted by atomic mass is 10.0. The first kappa shape index (κ1) is 21.2. The molecule has 0 fully saturated rings. The van der Waals surface area contributed by atoms with Gasteiger partial charge in [-0.25, -0.2) is 0 Å². The van der Waals surface area contributed by atoms with Gasteiger partial charge in [0, 0.05) is 6.81 Å². The number of nitrogens with zero attached hydrogens (tertiary/aromatic N) is 1. The zero-order valence-electron chi connectivity index (χ0n) is 16.4. The topological polar surface area (TPSA) is 77.0 Å². The fourth-order valence-corrected chi connectivity index (χ4v) is 3.98. The van der Waals surface area contributed by atoms with Crippen LogP contribution in [-0.4, -0.2) is 28.5 Å². The smallest absolute Gasteiger partial charge is 0.286 e. The Morgan fingerprint density at radius 2 is 1.79 bits per heavy atom. The molecule has 28 heavy (non-hydrogen) atoms. The minimum Gasteiger partial charge on any atom is -0.496 e. The molecule has 0 unspecified atom stereocenters. The maximum atomic E-state index is 12.5. The lowest BCUT2D eigenvalue weighted by molar-refractivity contribution is 0.396. The Kier molecular flexibility index (Phi) is 6.64. The van der Waals surface area contributed by atoms with Crippen molar-refractivity contribution in [1.82, 2.24) is 5.32 Å². The molecule has 0 saturated heterocycles. The van der Waals surface area contributed by atoms with E-state index in [1.54, 1.807) is 0 Å². The maximum absolute atomic E-state index is 12.5. The van der Waals surface area contributed by atoms with Gasteiger partial charge in [-0.2, -0.15) is 8.42 Å². The van der Waals surface area contributed by atoms with E-state index >= 15 is 0 Å². The Balaban J connectivity index is 0.00000136. The molecule has 0 atom stereocenters. The summed E-state index contributed by atoms with van der Waals surface area (Å²) in [5.74, 6) is 1.00. The minimum atomic E-state index is -3.93. The molecule has 150 valence electrons. The largest absolute Gasteiger partial charge is 0.496 e. The first-order valence-electron chi connectivity index (χ1n) is 8.72. The number of fused-ring (bicyclic) bond motifs is 1.